The first-order valence-corrected chi connectivity index (χ1v) is 12.4. The third-order valence-corrected chi connectivity index (χ3v) is 7.62. The molecule has 0 aliphatic carbocycles. The second-order valence-corrected chi connectivity index (χ2v) is 9.98. The first-order valence-electron chi connectivity index (χ1n) is 8.86. The summed E-state index contributed by atoms with van der Waals surface area (Å²) in [4.78, 5) is 9.63. The van der Waals surface area contributed by atoms with Crippen molar-refractivity contribution in [2.45, 2.75) is 15.3 Å². The molecule has 0 aliphatic heterocycles. The second-order valence-electron chi connectivity index (χ2n) is 6.20. The fourth-order valence-electron chi connectivity index (χ4n) is 2.49. The highest BCUT2D eigenvalue weighted by Gasteiger charge is 2.38. The Bertz CT molecular complexity index is 1240. The van der Waals surface area contributed by atoms with Crippen LogP contribution in [0.1, 0.15) is 4.88 Å². The smallest absolute Gasteiger partial charge is 0.475 e. The van der Waals surface area contributed by atoms with E-state index in [0.29, 0.717) is 16.1 Å². The number of nitrogens with one attached hydrogen (secondary N) is 2. The van der Waals surface area contributed by atoms with Gasteiger partial charge in [0, 0.05) is 5.56 Å². The van der Waals surface area contributed by atoms with Crippen molar-refractivity contribution in [3.05, 3.63) is 65.5 Å². The van der Waals surface area contributed by atoms with Gasteiger partial charge in [0.2, 0.25) is 0 Å². The maximum absolute atomic E-state index is 13.0. The molecule has 5 N–H and O–H groups in total. The summed E-state index contributed by atoms with van der Waals surface area (Å²) in [6.45, 7) is 0. The Morgan fingerprint density at radius 3 is 2.18 bits per heavy atom. The van der Waals surface area contributed by atoms with Crippen molar-refractivity contribution in [2.24, 2.45) is 5.73 Å². The molecule has 0 fully saturated rings. The molecule has 0 atom stereocenters. The minimum absolute atomic E-state index is 0.0829. The summed E-state index contributed by atoms with van der Waals surface area (Å²) < 4.78 is 61.2. The molecule has 3 aromatic rings. The fraction of sp³-hybridized carbons (Fsp3) is 0.100. The average Bonchev–Trinajstić information content (AvgIpc) is 3.16. The largest absolute Gasteiger partial charge is 0.490 e. The van der Waals surface area contributed by atoms with Gasteiger partial charge in [0.25, 0.3) is 10.0 Å². The molecule has 0 aliphatic rings. The highest BCUT2D eigenvalue weighted by atomic mass is 32.2. The Morgan fingerprint density at radius 2 is 1.67 bits per heavy atom. The van der Waals surface area contributed by atoms with E-state index in [1.165, 1.54) is 23.1 Å². The molecule has 0 bridgehead atoms. The Morgan fingerprint density at radius 1 is 1.12 bits per heavy atom. The van der Waals surface area contributed by atoms with E-state index in [0.717, 1.165) is 9.77 Å². The first-order chi connectivity index (χ1) is 15.4. The van der Waals surface area contributed by atoms with E-state index in [1.807, 2.05) is 42.7 Å². The summed E-state index contributed by atoms with van der Waals surface area (Å²) >= 11 is 2.70. The highest BCUT2D eigenvalue weighted by Crippen LogP contribution is 2.37. The monoisotopic (exact) mass is 517 g/mol. The molecular formula is C20H18F3N3O4S3. The molecular weight excluding hydrogens is 499 g/mol. The lowest BCUT2D eigenvalue weighted by atomic mass is 10.1. The zero-order chi connectivity index (χ0) is 24.8. The van der Waals surface area contributed by atoms with Crippen molar-refractivity contribution in [3.8, 4) is 11.1 Å². The summed E-state index contributed by atoms with van der Waals surface area (Å²) in [5.74, 6) is -2.84. The van der Waals surface area contributed by atoms with Gasteiger partial charge in [-0.2, -0.15) is 13.2 Å². The van der Waals surface area contributed by atoms with E-state index >= 15 is 0 Å². The number of benzene rings is 2. The van der Waals surface area contributed by atoms with Crippen LogP contribution in [0.4, 0.5) is 18.9 Å². The SMILES string of the molecule is CSc1sc(C(=N)N)cc1NS(=O)(=O)c1ccccc1-c1ccccc1.O=C(O)C(F)(F)F. The molecule has 2 aromatic carbocycles. The number of thiophene rings is 1. The van der Waals surface area contributed by atoms with Gasteiger partial charge in [-0.05, 0) is 24.0 Å². The van der Waals surface area contributed by atoms with Gasteiger partial charge in [-0.3, -0.25) is 10.1 Å². The number of amidine groups is 1. The normalized spacial score (nSPS) is 11.3. The van der Waals surface area contributed by atoms with Gasteiger partial charge in [0.1, 0.15) is 5.84 Å². The molecule has 7 nitrogen and oxygen atoms in total. The van der Waals surface area contributed by atoms with Crippen molar-refractivity contribution >= 4 is 50.6 Å². The molecule has 0 saturated heterocycles. The Balaban J connectivity index is 0.000000479. The van der Waals surface area contributed by atoms with Crippen molar-refractivity contribution in [2.75, 3.05) is 11.0 Å². The Labute approximate surface area is 196 Å². The van der Waals surface area contributed by atoms with Gasteiger partial charge in [0.15, 0.2) is 0 Å². The number of anilines is 1. The van der Waals surface area contributed by atoms with Gasteiger partial charge in [0.05, 0.1) is 19.7 Å². The lowest BCUT2D eigenvalue weighted by molar-refractivity contribution is -0.192. The van der Waals surface area contributed by atoms with E-state index in [1.54, 1.807) is 24.3 Å². The van der Waals surface area contributed by atoms with E-state index < -0.39 is 22.2 Å². The van der Waals surface area contributed by atoms with Crippen LogP contribution in [0.5, 0.6) is 0 Å². The maximum Gasteiger partial charge on any atom is 0.490 e. The summed E-state index contributed by atoms with van der Waals surface area (Å²) in [7, 11) is -3.81. The van der Waals surface area contributed by atoms with Crippen LogP contribution < -0.4 is 10.5 Å². The molecule has 33 heavy (non-hydrogen) atoms. The predicted octanol–water partition coefficient (Wildman–Crippen LogP) is 4.86. The van der Waals surface area contributed by atoms with Crippen LogP contribution in [-0.2, 0) is 14.8 Å². The van der Waals surface area contributed by atoms with Gasteiger partial charge >= 0.3 is 12.1 Å². The molecule has 3 rings (SSSR count). The van der Waals surface area contributed by atoms with Crippen LogP contribution in [0.2, 0.25) is 0 Å². The van der Waals surface area contributed by atoms with Crippen molar-refractivity contribution < 1.29 is 31.5 Å². The van der Waals surface area contributed by atoms with Crippen LogP contribution in [-0.4, -0.2) is 37.8 Å². The van der Waals surface area contributed by atoms with Crippen LogP contribution in [0.3, 0.4) is 0 Å². The minimum Gasteiger partial charge on any atom is -0.475 e. The number of carboxylic acid groups (broad SMARTS) is 1. The predicted molar refractivity (Wildman–Crippen MR) is 123 cm³/mol. The van der Waals surface area contributed by atoms with Gasteiger partial charge < -0.3 is 10.8 Å². The number of halogens is 3. The van der Waals surface area contributed by atoms with E-state index in [2.05, 4.69) is 4.72 Å². The lowest BCUT2D eigenvalue weighted by Crippen LogP contribution is -2.21. The number of hydrogen-bond donors (Lipinski definition) is 4. The molecule has 13 heteroatoms. The molecule has 0 spiro atoms. The molecule has 1 aromatic heterocycles. The summed E-state index contributed by atoms with van der Waals surface area (Å²) in [6.07, 6.45) is -3.23. The van der Waals surface area contributed by atoms with Gasteiger partial charge in [-0.1, -0.05) is 48.5 Å². The van der Waals surface area contributed by atoms with Crippen LogP contribution in [0.15, 0.2) is 69.8 Å². The second kappa shape index (κ2) is 10.7. The van der Waals surface area contributed by atoms with Crippen LogP contribution in [0, 0.1) is 5.41 Å². The molecule has 0 amide bonds. The number of aliphatic carboxylic acids is 1. The number of hydrogen-bond acceptors (Lipinski definition) is 6. The number of alkyl halides is 3. The Kier molecular flexibility index (Phi) is 8.52. The van der Waals surface area contributed by atoms with Gasteiger partial charge in [-0.15, -0.1) is 23.1 Å². The zero-order valence-corrected chi connectivity index (χ0v) is 19.3. The number of carbonyl (C=O) groups is 1. The average molecular weight is 518 g/mol. The van der Waals surface area contributed by atoms with E-state index in [9.17, 15) is 21.6 Å². The minimum atomic E-state index is -5.08. The topological polar surface area (TPSA) is 133 Å². The lowest BCUT2D eigenvalue weighted by Gasteiger charge is -2.12. The van der Waals surface area contributed by atoms with E-state index in [-0.39, 0.29) is 10.7 Å². The highest BCUT2D eigenvalue weighted by molar-refractivity contribution is 8.00. The van der Waals surface area contributed by atoms with Crippen molar-refractivity contribution in [1.29, 1.82) is 5.41 Å². The molecule has 176 valence electrons. The van der Waals surface area contributed by atoms with Crippen molar-refractivity contribution in [3.63, 3.8) is 0 Å². The number of sulfonamides is 1. The maximum atomic E-state index is 13.0. The summed E-state index contributed by atoms with van der Waals surface area (Å²) in [5, 5.41) is 14.7. The number of carboxylic acids is 1. The van der Waals surface area contributed by atoms with Crippen molar-refractivity contribution in [1.82, 2.24) is 0 Å². The number of nitrogen functional groups attached to an aromatic ring is 1. The third-order valence-electron chi connectivity index (χ3n) is 3.90. The Hall–Kier alpha value is -3.03. The first kappa shape index (κ1) is 26.2. The molecule has 1 heterocycles. The van der Waals surface area contributed by atoms with Crippen LogP contribution >= 0.6 is 23.1 Å². The summed E-state index contributed by atoms with van der Waals surface area (Å²) in [6, 6.07) is 17.9. The fourth-order valence-corrected chi connectivity index (χ4v) is 5.55. The molecule has 0 saturated carbocycles. The number of rotatable bonds is 6. The van der Waals surface area contributed by atoms with Crippen LogP contribution in [0.25, 0.3) is 11.1 Å². The standard InChI is InChI=1S/C18H17N3O2S3.C2HF3O2/c1-24-18-14(11-15(25-18)17(19)20)21-26(22,23)16-10-6-5-9-13(16)12-7-3-2-4-8-12;3-2(4,5)1(6)7/h2-11,21H,1H3,(H3,19,20);(H,6,7). The molecule has 0 unspecified atom stereocenters. The number of thioether (sulfide) groups is 1. The zero-order valence-electron chi connectivity index (χ0n) is 16.9. The third kappa shape index (κ3) is 6.97. The van der Waals surface area contributed by atoms with E-state index in [4.69, 9.17) is 21.0 Å². The number of nitrogens with two attached hydrogens (primary N) is 1. The molecule has 0 radical (unpaired) electrons. The van der Waals surface area contributed by atoms with Gasteiger partial charge in [-0.25, -0.2) is 13.2 Å². The quantitative estimate of drug-likeness (QED) is 0.210. The summed E-state index contributed by atoms with van der Waals surface area (Å²) in [5.41, 5.74) is 7.43.